The molecule has 0 bridgehead atoms. The summed E-state index contributed by atoms with van der Waals surface area (Å²) in [5.41, 5.74) is 1.27. The van der Waals surface area contributed by atoms with E-state index in [2.05, 4.69) is 23.1 Å². The molecule has 2 rings (SSSR count). The highest BCUT2D eigenvalue weighted by Crippen LogP contribution is 2.21. The summed E-state index contributed by atoms with van der Waals surface area (Å²) in [4.78, 5) is 2.43. The summed E-state index contributed by atoms with van der Waals surface area (Å²) in [6.45, 7) is 4.70. The van der Waals surface area contributed by atoms with Gasteiger partial charge in [0.2, 0.25) is 0 Å². The summed E-state index contributed by atoms with van der Waals surface area (Å²) in [6, 6.07) is 0. The lowest BCUT2D eigenvalue weighted by Gasteiger charge is -2.31. The Morgan fingerprint density at radius 3 is 3.00 bits per heavy atom. The summed E-state index contributed by atoms with van der Waals surface area (Å²) in [6.07, 6.45) is 6.74. The number of rotatable bonds is 1. The highest BCUT2D eigenvalue weighted by Gasteiger charge is 2.17. The van der Waals surface area contributed by atoms with Crippen LogP contribution >= 0.6 is 0 Å². The smallest absolute Gasteiger partial charge is 0.0752 e. The molecule has 0 radical (unpaired) electrons. The summed E-state index contributed by atoms with van der Waals surface area (Å²) in [5, 5.41) is 4.19. The Morgan fingerprint density at radius 2 is 2.38 bits per heavy atom. The van der Waals surface area contributed by atoms with E-state index in [0.717, 1.165) is 5.92 Å². The van der Waals surface area contributed by atoms with Crippen molar-refractivity contribution in [1.29, 1.82) is 0 Å². The molecule has 1 aliphatic rings. The zero-order valence-electron chi connectivity index (χ0n) is 8.40. The van der Waals surface area contributed by atoms with E-state index in [1.54, 1.807) is 0 Å². The first-order chi connectivity index (χ1) is 6.25. The molecule has 1 aromatic rings. The SMILES string of the molecule is CC1CCCN(c2cnn(C)c2)C1. The highest BCUT2D eigenvalue weighted by molar-refractivity contribution is 5.42. The van der Waals surface area contributed by atoms with Crippen molar-refractivity contribution in [1.82, 2.24) is 9.78 Å². The van der Waals surface area contributed by atoms with E-state index in [9.17, 15) is 0 Å². The van der Waals surface area contributed by atoms with Crippen LogP contribution in [0.2, 0.25) is 0 Å². The summed E-state index contributed by atoms with van der Waals surface area (Å²) >= 11 is 0. The van der Waals surface area contributed by atoms with Crippen molar-refractivity contribution in [2.45, 2.75) is 19.8 Å². The van der Waals surface area contributed by atoms with E-state index in [1.807, 2.05) is 17.9 Å². The zero-order chi connectivity index (χ0) is 9.26. The number of hydrogen-bond acceptors (Lipinski definition) is 2. The third-order valence-electron chi connectivity index (χ3n) is 2.71. The van der Waals surface area contributed by atoms with Crippen LogP contribution in [0.15, 0.2) is 12.4 Å². The van der Waals surface area contributed by atoms with E-state index in [4.69, 9.17) is 0 Å². The Morgan fingerprint density at radius 1 is 1.54 bits per heavy atom. The van der Waals surface area contributed by atoms with Crippen molar-refractivity contribution in [3.8, 4) is 0 Å². The molecule has 1 aromatic heterocycles. The largest absolute Gasteiger partial charge is 0.369 e. The number of anilines is 1. The van der Waals surface area contributed by atoms with Crippen molar-refractivity contribution in [3.05, 3.63) is 12.4 Å². The molecule has 0 aromatic carbocycles. The average molecular weight is 179 g/mol. The Bertz CT molecular complexity index is 279. The topological polar surface area (TPSA) is 21.1 Å². The average Bonchev–Trinajstić information content (AvgIpc) is 2.52. The van der Waals surface area contributed by atoms with E-state index in [1.165, 1.54) is 31.6 Å². The van der Waals surface area contributed by atoms with Crippen LogP contribution < -0.4 is 4.90 Å². The molecule has 1 aliphatic heterocycles. The van der Waals surface area contributed by atoms with Crippen LogP contribution in [0, 0.1) is 5.92 Å². The molecule has 13 heavy (non-hydrogen) atoms. The van der Waals surface area contributed by atoms with E-state index in [0.29, 0.717) is 0 Å². The predicted molar refractivity (Wildman–Crippen MR) is 53.8 cm³/mol. The molecule has 0 amide bonds. The van der Waals surface area contributed by atoms with Crippen molar-refractivity contribution < 1.29 is 0 Å². The molecule has 0 aliphatic carbocycles. The monoisotopic (exact) mass is 179 g/mol. The molecule has 1 fully saturated rings. The molecule has 1 saturated heterocycles. The second-order valence-electron chi connectivity index (χ2n) is 4.07. The molecule has 0 spiro atoms. The fraction of sp³-hybridized carbons (Fsp3) is 0.700. The van der Waals surface area contributed by atoms with Gasteiger partial charge in [-0.05, 0) is 18.8 Å². The van der Waals surface area contributed by atoms with Crippen molar-refractivity contribution >= 4 is 5.69 Å². The normalized spacial score (nSPS) is 23.5. The summed E-state index contributed by atoms with van der Waals surface area (Å²) in [7, 11) is 1.97. The summed E-state index contributed by atoms with van der Waals surface area (Å²) < 4.78 is 1.87. The van der Waals surface area contributed by atoms with Gasteiger partial charge in [-0.2, -0.15) is 5.10 Å². The Labute approximate surface area is 79.3 Å². The van der Waals surface area contributed by atoms with E-state index in [-0.39, 0.29) is 0 Å². The molecule has 0 saturated carbocycles. The van der Waals surface area contributed by atoms with E-state index >= 15 is 0 Å². The minimum Gasteiger partial charge on any atom is -0.369 e. The van der Waals surface area contributed by atoms with Gasteiger partial charge in [0.05, 0.1) is 11.9 Å². The lowest BCUT2D eigenvalue weighted by molar-refractivity contribution is 0.447. The first-order valence-corrected chi connectivity index (χ1v) is 4.99. The van der Waals surface area contributed by atoms with Crippen molar-refractivity contribution in [3.63, 3.8) is 0 Å². The fourth-order valence-corrected chi connectivity index (χ4v) is 2.00. The Hall–Kier alpha value is -0.990. The third-order valence-corrected chi connectivity index (χ3v) is 2.71. The maximum atomic E-state index is 4.19. The number of hydrogen-bond donors (Lipinski definition) is 0. The van der Waals surface area contributed by atoms with Gasteiger partial charge in [0.15, 0.2) is 0 Å². The Balaban J connectivity index is 2.08. The molecule has 3 heteroatoms. The minimum atomic E-state index is 0.828. The van der Waals surface area contributed by atoms with Crippen LogP contribution in [-0.4, -0.2) is 22.9 Å². The van der Waals surface area contributed by atoms with Crippen LogP contribution in [0.1, 0.15) is 19.8 Å². The molecular formula is C10H17N3. The summed E-state index contributed by atoms with van der Waals surface area (Å²) in [5.74, 6) is 0.828. The van der Waals surface area contributed by atoms with Crippen molar-refractivity contribution in [2.75, 3.05) is 18.0 Å². The fourth-order valence-electron chi connectivity index (χ4n) is 2.00. The molecule has 1 atom stereocenters. The van der Waals surface area contributed by atoms with Gasteiger partial charge in [-0.3, -0.25) is 4.68 Å². The van der Waals surface area contributed by atoms with E-state index < -0.39 is 0 Å². The minimum absolute atomic E-state index is 0.828. The van der Waals surface area contributed by atoms with Crippen LogP contribution in [-0.2, 0) is 7.05 Å². The van der Waals surface area contributed by atoms with Gasteiger partial charge in [0.1, 0.15) is 0 Å². The van der Waals surface area contributed by atoms with Gasteiger partial charge in [0.25, 0.3) is 0 Å². The van der Waals surface area contributed by atoms with Crippen LogP contribution in [0.5, 0.6) is 0 Å². The Kier molecular flexibility index (Phi) is 2.25. The van der Waals surface area contributed by atoms with Gasteiger partial charge < -0.3 is 4.90 Å². The maximum Gasteiger partial charge on any atom is 0.0752 e. The van der Waals surface area contributed by atoms with Gasteiger partial charge in [-0.25, -0.2) is 0 Å². The van der Waals surface area contributed by atoms with Crippen LogP contribution in [0.4, 0.5) is 5.69 Å². The van der Waals surface area contributed by atoms with Gasteiger partial charge in [-0.15, -0.1) is 0 Å². The van der Waals surface area contributed by atoms with Gasteiger partial charge in [0, 0.05) is 26.3 Å². The number of nitrogens with zero attached hydrogens (tertiary/aromatic N) is 3. The van der Waals surface area contributed by atoms with Crippen LogP contribution in [0.25, 0.3) is 0 Å². The molecule has 1 unspecified atom stereocenters. The molecular weight excluding hydrogens is 162 g/mol. The number of piperidine rings is 1. The molecule has 2 heterocycles. The number of aromatic nitrogens is 2. The predicted octanol–water partition coefficient (Wildman–Crippen LogP) is 1.66. The maximum absolute atomic E-state index is 4.19. The molecule has 72 valence electrons. The lowest BCUT2D eigenvalue weighted by Crippen LogP contribution is -2.33. The first kappa shape index (κ1) is 8.60. The highest BCUT2D eigenvalue weighted by atomic mass is 15.3. The quantitative estimate of drug-likeness (QED) is 0.653. The molecule has 0 N–H and O–H groups in total. The lowest BCUT2D eigenvalue weighted by atomic mass is 10.0. The number of aryl methyl sites for hydroxylation is 1. The molecule has 3 nitrogen and oxygen atoms in total. The van der Waals surface area contributed by atoms with Crippen LogP contribution in [0.3, 0.4) is 0 Å². The van der Waals surface area contributed by atoms with Crippen molar-refractivity contribution in [2.24, 2.45) is 13.0 Å². The van der Waals surface area contributed by atoms with Gasteiger partial charge >= 0.3 is 0 Å². The zero-order valence-corrected chi connectivity index (χ0v) is 8.40. The second-order valence-corrected chi connectivity index (χ2v) is 4.07. The third kappa shape index (κ3) is 1.85. The second kappa shape index (κ2) is 3.40. The van der Waals surface area contributed by atoms with Gasteiger partial charge in [-0.1, -0.05) is 6.92 Å². The first-order valence-electron chi connectivity index (χ1n) is 4.99. The standard InChI is InChI=1S/C10H17N3/c1-9-4-3-5-13(7-9)10-6-11-12(2)8-10/h6,8-9H,3-5,7H2,1-2H3.